The summed E-state index contributed by atoms with van der Waals surface area (Å²) in [5.41, 5.74) is -0.245. The zero-order valence-corrected chi connectivity index (χ0v) is 12.1. The summed E-state index contributed by atoms with van der Waals surface area (Å²) in [6.45, 7) is 0. The van der Waals surface area contributed by atoms with Crippen molar-refractivity contribution < 1.29 is 4.92 Å². The van der Waals surface area contributed by atoms with Crippen LogP contribution in [0.15, 0.2) is 34.3 Å². The van der Waals surface area contributed by atoms with E-state index in [1.807, 2.05) is 0 Å². The Hall–Kier alpha value is -1.08. The topological polar surface area (TPSA) is 68.9 Å². The van der Waals surface area contributed by atoms with Gasteiger partial charge in [-0.2, -0.15) is 0 Å². The average molecular weight is 337 g/mol. The maximum atomic E-state index is 10.9. The van der Waals surface area contributed by atoms with Gasteiger partial charge in [-0.15, -0.1) is 0 Å². The van der Waals surface area contributed by atoms with Crippen LogP contribution in [0.2, 0.25) is 15.3 Å². The van der Waals surface area contributed by atoms with Crippen LogP contribution in [0.3, 0.4) is 0 Å². The van der Waals surface area contributed by atoms with Crippen LogP contribution >= 0.6 is 46.6 Å². The highest BCUT2D eigenvalue weighted by Gasteiger charge is 2.19. The molecule has 0 saturated heterocycles. The molecule has 0 spiro atoms. The van der Waals surface area contributed by atoms with Gasteiger partial charge in [-0.25, -0.2) is 9.97 Å². The van der Waals surface area contributed by atoms with Gasteiger partial charge in [0.05, 0.1) is 9.95 Å². The van der Waals surface area contributed by atoms with E-state index in [0.29, 0.717) is 14.9 Å². The molecule has 1 heterocycles. The molecular formula is C10H4Cl3N3O2S. The molecule has 0 amide bonds. The number of benzene rings is 1. The first-order valence-electron chi connectivity index (χ1n) is 4.77. The minimum absolute atomic E-state index is 0.0775. The molecule has 5 nitrogen and oxygen atoms in total. The number of aromatic nitrogens is 2. The Bertz CT molecular complexity index is 654. The van der Waals surface area contributed by atoms with Gasteiger partial charge >= 0.3 is 5.69 Å². The van der Waals surface area contributed by atoms with E-state index in [1.54, 1.807) is 18.2 Å². The summed E-state index contributed by atoms with van der Waals surface area (Å²) in [6, 6.07) is 4.81. The highest BCUT2D eigenvalue weighted by atomic mass is 35.5. The molecule has 2 rings (SSSR count). The maximum absolute atomic E-state index is 10.9. The Morgan fingerprint density at radius 1 is 1.26 bits per heavy atom. The quantitative estimate of drug-likeness (QED) is 0.357. The first-order valence-corrected chi connectivity index (χ1v) is 6.72. The summed E-state index contributed by atoms with van der Waals surface area (Å²) in [7, 11) is 0. The van der Waals surface area contributed by atoms with Crippen molar-refractivity contribution in [1.29, 1.82) is 0 Å². The zero-order chi connectivity index (χ0) is 14.0. The lowest BCUT2D eigenvalue weighted by Crippen LogP contribution is -1.95. The SMILES string of the molecule is O=[N+]([O-])c1cnc(Cl)nc1Sc1cc(Cl)ccc1Cl. The zero-order valence-electron chi connectivity index (χ0n) is 9.01. The van der Waals surface area contributed by atoms with Crippen LogP contribution in [-0.2, 0) is 0 Å². The Morgan fingerprint density at radius 2 is 2.00 bits per heavy atom. The van der Waals surface area contributed by atoms with Gasteiger partial charge in [-0.3, -0.25) is 10.1 Å². The smallest absolute Gasteiger partial charge is 0.258 e. The summed E-state index contributed by atoms with van der Waals surface area (Å²) in [4.78, 5) is 18.3. The highest BCUT2D eigenvalue weighted by Crippen LogP contribution is 2.38. The summed E-state index contributed by atoms with van der Waals surface area (Å²) < 4.78 is 0. The average Bonchev–Trinajstić information content (AvgIpc) is 2.33. The summed E-state index contributed by atoms with van der Waals surface area (Å²) in [5.74, 6) is 0. The molecule has 0 fully saturated rings. The predicted octanol–water partition coefficient (Wildman–Crippen LogP) is 4.50. The van der Waals surface area contributed by atoms with E-state index in [4.69, 9.17) is 34.8 Å². The van der Waals surface area contributed by atoms with Crippen molar-refractivity contribution in [2.24, 2.45) is 0 Å². The van der Waals surface area contributed by atoms with Crippen LogP contribution in [0.5, 0.6) is 0 Å². The van der Waals surface area contributed by atoms with Crippen LogP contribution < -0.4 is 0 Å². The molecule has 1 aromatic heterocycles. The maximum Gasteiger partial charge on any atom is 0.319 e. The van der Waals surface area contributed by atoms with E-state index in [9.17, 15) is 10.1 Å². The minimum Gasteiger partial charge on any atom is -0.258 e. The lowest BCUT2D eigenvalue weighted by molar-refractivity contribution is -0.388. The molecule has 0 saturated carbocycles. The first kappa shape index (κ1) is 14.3. The summed E-state index contributed by atoms with van der Waals surface area (Å²) in [5, 5.41) is 11.8. The second kappa shape index (κ2) is 5.92. The molecule has 0 N–H and O–H groups in total. The van der Waals surface area contributed by atoms with Crippen LogP contribution in [-0.4, -0.2) is 14.9 Å². The molecule has 0 unspecified atom stereocenters. The Balaban J connectivity index is 2.45. The Kier molecular flexibility index (Phi) is 4.46. The lowest BCUT2D eigenvalue weighted by atomic mass is 10.4. The molecule has 9 heteroatoms. The number of nitro groups is 1. The summed E-state index contributed by atoms with van der Waals surface area (Å²) in [6.07, 6.45) is 1.05. The number of hydrogen-bond acceptors (Lipinski definition) is 5. The molecule has 1 aromatic carbocycles. The third-order valence-corrected chi connectivity index (χ3v) is 3.91. The van der Waals surface area contributed by atoms with E-state index in [-0.39, 0.29) is 16.0 Å². The van der Waals surface area contributed by atoms with Crippen molar-refractivity contribution >= 4 is 52.3 Å². The third kappa shape index (κ3) is 3.48. The number of hydrogen-bond donors (Lipinski definition) is 0. The molecule has 2 aromatic rings. The van der Waals surface area contributed by atoms with Gasteiger partial charge in [0.2, 0.25) is 5.28 Å². The van der Waals surface area contributed by atoms with Crippen molar-refractivity contribution in [3.63, 3.8) is 0 Å². The van der Waals surface area contributed by atoms with E-state index >= 15 is 0 Å². The van der Waals surface area contributed by atoms with Crippen molar-refractivity contribution in [1.82, 2.24) is 9.97 Å². The van der Waals surface area contributed by atoms with Gasteiger partial charge in [0.15, 0.2) is 5.03 Å². The molecule has 98 valence electrons. The van der Waals surface area contributed by atoms with Crippen molar-refractivity contribution in [2.75, 3.05) is 0 Å². The van der Waals surface area contributed by atoms with Gasteiger partial charge < -0.3 is 0 Å². The molecule has 19 heavy (non-hydrogen) atoms. The van der Waals surface area contributed by atoms with Crippen LogP contribution in [0.1, 0.15) is 0 Å². The second-order valence-electron chi connectivity index (χ2n) is 3.26. The number of nitrogens with zero attached hydrogens (tertiary/aromatic N) is 3. The Morgan fingerprint density at radius 3 is 2.68 bits per heavy atom. The molecule has 0 radical (unpaired) electrons. The van der Waals surface area contributed by atoms with Crippen molar-refractivity contribution in [3.05, 3.63) is 49.8 Å². The van der Waals surface area contributed by atoms with Crippen LogP contribution in [0, 0.1) is 10.1 Å². The fourth-order valence-electron chi connectivity index (χ4n) is 1.20. The van der Waals surface area contributed by atoms with Gasteiger partial charge in [0.1, 0.15) is 6.20 Å². The van der Waals surface area contributed by atoms with Gasteiger partial charge in [0, 0.05) is 9.92 Å². The van der Waals surface area contributed by atoms with Crippen molar-refractivity contribution in [2.45, 2.75) is 9.92 Å². The standard InChI is InChI=1S/C10H4Cl3N3O2S/c11-5-1-2-6(12)8(3-5)19-9-7(16(17)18)4-14-10(13)15-9/h1-4H. The summed E-state index contributed by atoms with van der Waals surface area (Å²) >= 11 is 18.5. The van der Waals surface area contributed by atoms with Crippen LogP contribution in [0.4, 0.5) is 5.69 Å². The van der Waals surface area contributed by atoms with Gasteiger partial charge in [-0.05, 0) is 29.8 Å². The van der Waals surface area contributed by atoms with Gasteiger partial charge in [-0.1, -0.05) is 35.0 Å². The van der Waals surface area contributed by atoms with Gasteiger partial charge in [0.25, 0.3) is 0 Å². The molecule has 0 bridgehead atoms. The molecular weight excluding hydrogens is 333 g/mol. The van der Waals surface area contributed by atoms with E-state index in [1.165, 1.54) is 0 Å². The van der Waals surface area contributed by atoms with Crippen LogP contribution in [0.25, 0.3) is 0 Å². The molecule has 0 aliphatic heterocycles. The minimum atomic E-state index is -0.586. The molecule has 0 atom stereocenters. The monoisotopic (exact) mass is 335 g/mol. The fraction of sp³-hybridized carbons (Fsp3) is 0. The predicted molar refractivity (Wildman–Crippen MR) is 74.3 cm³/mol. The Labute approximate surface area is 127 Å². The van der Waals surface area contributed by atoms with E-state index in [0.717, 1.165) is 18.0 Å². The van der Waals surface area contributed by atoms with E-state index in [2.05, 4.69) is 9.97 Å². The first-order chi connectivity index (χ1) is 8.97. The lowest BCUT2D eigenvalue weighted by Gasteiger charge is -2.04. The second-order valence-corrected chi connectivity index (χ2v) is 5.48. The number of halogens is 3. The number of rotatable bonds is 3. The highest BCUT2D eigenvalue weighted by molar-refractivity contribution is 7.99. The third-order valence-electron chi connectivity index (χ3n) is 2.00. The van der Waals surface area contributed by atoms with E-state index < -0.39 is 4.92 Å². The largest absolute Gasteiger partial charge is 0.319 e. The fourth-order valence-corrected chi connectivity index (χ4v) is 2.78. The molecule has 0 aliphatic carbocycles. The molecule has 0 aliphatic rings. The van der Waals surface area contributed by atoms with Crippen molar-refractivity contribution in [3.8, 4) is 0 Å². The normalized spacial score (nSPS) is 10.5.